The van der Waals surface area contributed by atoms with E-state index >= 15 is 0 Å². The molecular weight excluding hydrogens is 244 g/mol. The van der Waals surface area contributed by atoms with Crippen molar-refractivity contribution in [2.75, 3.05) is 26.9 Å². The lowest BCUT2D eigenvalue weighted by atomic mass is 9.97. The maximum Gasteiger partial charge on any atom is 0.306 e. The molecule has 0 aliphatic heterocycles. The van der Waals surface area contributed by atoms with Gasteiger partial charge in [0.15, 0.2) is 0 Å². The molecule has 4 nitrogen and oxygen atoms in total. The highest BCUT2D eigenvalue weighted by Gasteiger charge is 2.17. The molecule has 1 unspecified atom stereocenters. The van der Waals surface area contributed by atoms with Gasteiger partial charge in [0.2, 0.25) is 0 Å². The third kappa shape index (κ3) is 6.94. The van der Waals surface area contributed by atoms with Crippen LogP contribution in [0.3, 0.4) is 0 Å². The van der Waals surface area contributed by atoms with Gasteiger partial charge in [0, 0.05) is 26.9 Å². The van der Waals surface area contributed by atoms with Crippen molar-refractivity contribution >= 4 is 5.97 Å². The minimum atomic E-state index is -0.760. The summed E-state index contributed by atoms with van der Waals surface area (Å²) in [6, 6.07) is 9.69. The maximum absolute atomic E-state index is 11.2. The lowest BCUT2D eigenvalue weighted by Gasteiger charge is -2.12. The summed E-state index contributed by atoms with van der Waals surface area (Å²) in [6.45, 7) is 1.77. The van der Waals surface area contributed by atoms with E-state index in [1.165, 1.54) is 0 Å². The summed E-state index contributed by atoms with van der Waals surface area (Å²) < 4.78 is 10.3. The number of hydrogen-bond donors (Lipinski definition) is 1. The average molecular weight is 266 g/mol. The monoisotopic (exact) mass is 266 g/mol. The molecule has 0 heterocycles. The molecule has 0 aromatic heterocycles. The first-order chi connectivity index (χ1) is 9.24. The molecule has 0 saturated carbocycles. The van der Waals surface area contributed by atoms with Crippen LogP contribution >= 0.6 is 0 Å². The standard InChI is InChI=1S/C15H22O4/c1-18-9-5-10-19-11-8-14(15(16)17)12-13-6-3-2-4-7-13/h2-4,6-7,14H,5,8-12H2,1H3,(H,16,17). The van der Waals surface area contributed by atoms with E-state index in [4.69, 9.17) is 9.47 Å². The molecule has 0 saturated heterocycles. The summed E-state index contributed by atoms with van der Waals surface area (Å²) in [4.78, 5) is 11.2. The Labute approximate surface area is 114 Å². The summed E-state index contributed by atoms with van der Waals surface area (Å²) in [5.41, 5.74) is 1.05. The van der Waals surface area contributed by atoms with E-state index in [1.54, 1.807) is 7.11 Å². The van der Waals surface area contributed by atoms with Crippen LogP contribution in [-0.2, 0) is 20.7 Å². The van der Waals surface area contributed by atoms with Crippen molar-refractivity contribution in [3.05, 3.63) is 35.9 Å². The highest BCUT2D eigenvalue weighted by atomic mass is 16.5. The minimum absolute atomic E-state index is 0.384. The molecule has 0 aliphatic carbocycles. The van der Waals surface area contributed by atoms with Crippen molar-refractivity contribution < 1.29 is 19.4 Å². The summed E-state index contributed by atoms with van der Waals surface area (Å²) >= 11 is 0. The van der Waals surface area contributed by atoms with Gasteiger partial charge >= 0.3 is 5.97 Å². The Hall–Kier alpha value is -1.39. The van der Waals surface area contributed by atoms with Crippen LogP contribution in [0.2, 0.25) is 0 Å². The number of rotatable bonds is 10. The van der Waals surface area contributed by atoms with E-state index in [-0.39, 0.29) is 5.92 Å². The van der Waals surface area contributed by atoms with Crippen LogP contribution in [0.25, 0.3) is 0 Å². The maximum atomic E-state index is 11.2. The van der Waals surface area contributed by atoms with E-state index < -0.39 is 5.97 Å². The second-order valence-corrected chi connectivity index (χ2v) is 4.47. The van der Waals surface area contributed by atoms with Gasteiger partial charge in [-0.25, -0.2) is 0 Å². The van der Waals surface area contributed by atoms with E-state index in [9.17, 15) is 9.90 Å². The minimum Gasteiger partial charge on any atom is -0.481 e. The number of benzene rings is 1. The zero-order chi connectivity index (χ0) is 13.9. The first-order valence-corrected chi connectivity index (χ1v) is 6.57. The SMILES string of the molecule is COCCCOCCC(Cc1ccccc1)C(=O)O. The Balaban J connectivity index is 2.27. The van der Waals surface area contributed by atoms with Crippen LogP contribution in [0, 0.1) is 5.92 Å². The zero-order valence-corrected chi connectivity index (χ0v) is 11.4. The van der Waals surface area contributed by atoms with Gasteiger partial charge in [-0.2, -0.15) is 0 Å². The van der Waals surface area contributed by atoms with Gasteiger partial charge in [-0.3, -0.25) is 4.79 Å². The topological polar surface area (TPSA) is 55.8 Å². The number of aliphatic carboxylic acids is 1. The molecule has 0 aliphatic rings. The largest absolute Gasteiger partial charge is 0.481 e. The highest BCUT2D eigenvalue weighted by molar-refractivity contribution is 5.70. The van der Waals surface area contributed by atoms with Gasteiger partial charge in [-0.05, 0) is 24.8 Å². The van der Waals surface area contributed by atoms with Gasteiger partial charge in [-0.15, -0.1) is 0 Å². The lowest BCUT2D eigenvalue weighted by Crippen LogP contribution is -2.19. The first kappa shape index (κ1) is 15.7. The fraction of sp³-hybridized carbons (Fsp3) is 0.533. The number of ether oxygens (including phenoxy) is 2. The molecule has 1 rings (SSSR count). The second kappa shape index (κ2) is 9.53. The van der Waals surface area contributed by atoms with Crippen LogP contribution in [-0.4, -0.2) is 38.0 Å². The van der Waals surface area contributed by atoms with E-state index in [0.717, 1.165) is 12.0 Å². The van der Waals surface area contributed by atoms with Gasteiger partial charge in [0.05, 0.1) is 5.92 Å². The zero-order valence-electron chi connectivity index (χ0n) is 11.4. The molecule has 0 bridgehead atoms. The van der Waals surface area contributed by atoms with E-state index in [2.05, 4.69) is 0 Å². The van der Waals surface area contributed by atoms with E-state index in [1.807, 2.05) is 30.3 Å². The van der Waals surface area contributed by atoms with Crippen LogP contribution in [0.1, 0.15) is 18.4 Å². The molecule has 0 radical (unpaired) electrons. The number of hydrogen-bond acceptors (Lipinski definition) is 3. The van der Waals surface area contributed by atoms with E-state index in [0.29, 0.717) is 32.7 Å². The van der Waals surface area contributed by atoms with Crippen molar-refractivity contribution in [1.29, 1.82) is 0 Å². The average Bonchev–Trinajstić information content (AvgIpc) is 2.42. The summed E-state index contributed by atoms with van der Waals surface area (Å²) in [5.74, 6) is -1.14. The molecule has 0 amide bonds. The molecular formula is C15H22O4. The second-order valence-electron chi connectivity index (χ2n) is 4.47. The van der Waals surface area contributed by atoms with Gasteiger partial charge < -0.3 is 14.6 Å². The van der Waals surface area contributed by atoms with Crippen LogP contribution in [0.4, 0.5) is 0 Å². The molecule has 0 fully saturated rings. The molecule has 106 valence electrons. The normalized spacial score (nSPS) is 12.3. The number of carboxylic acids is 1. The fourth-order valence-electron chi connectivity index (χ4n) is 1.84. The Kier molecular flexibility index (Phi) is 7.86. The van der Waals surface area contributed by atoms with Crippen LogP contribution in [0.15, 0.2) is 30.3 Å². The Morgan fingerprint density at radius 3 is 2.58 bits per heavy atom. The van der Waals surface area contributed by atoms with Crippen molar-refractivity contribution in [1.82, 2.24) is 0 Å². The highest BCUT2D eigenvalue weighted by Crippen LogP contribution is 2.13. The predicted molar refractivity (Wildman–Crippen MR) is 73.2 cm³/mol. The molecule has 1 aromatic carbocycles. The Bertz CT molecular complexity index is 350. The molecule has 19 heavy (non-hydrogen) atoms. The van der Waals surface area contributed by atoms with Gasteiger partial charge in [0.25, 0.3) is 0 Å². The lowest BCUT2D eigenvalue weighted by molar-refractivity contribution is -0.142. The fourth-order valence-corrected chi connectivity index (χ4v) is 1.84. The Morgan fingerprint density at radius 1 is 1.21 bits per heavy atom. The van der Waals surface area contributed by atoms with Crippen LogP contribution < -0.4 is 0 Å². The number of methoxy groups -OCH3 is 1. The van der Waals surface area contributed by atoms with Gasteiger partial charge in [-0.1, -0.05) is 30.3 Å². The first-order valence-electron chi connectivity index (χ1n) is 6.57. The third-order valence-electron chi connectivity index (χ3n) is 2.92. The summed E-state index contributed by atoms with van der Waals surface area (Å²) in [5, 5.41) is 9.20. The molecule has 4 heteroatoms. The van der Waals surface area contributed by atoms with Crippen molar-refractivity contribution in [3.8, 4) is 0 Å². The summed E-state index contributed by atoms with van der Waals surface area (Å²) in [6.07, 6.45) is 1.93. The number of carbonyl (C=O) groups is 1. The summed E-state index contributed by atoms with van der Waals surface area (Å²) in [7, 11) is 1.65. The molecule has 1 aromatic rings. The van der Waals surface area contributed by atoms with Crippen molar-refractivity contribution in [2.24, 2.45) is 5.92 Å². The quantitative estimate of drug-likeness (QED) is 0.661. The Morgan fingerprint density at radius 2 is 1.95 bits per heavy atom. The van der Waals surface area contributed by atoms with Crippen molar-refractivity contribution in [2.45, 2.75) is 19.3 Å². The predicted octanol–water partition coefficient (Wildman–Crippen LogP) is 2.37. The molecule has 1 atom stereocenters. The third-order valence-corrected chi connectivity index (χ3v) is 2.92. The smallest absolute Gasteiger partial charge is 0.306 e. The van der Waals surface area contributed by atoms with Crippen molar-refractivity contribution in [3.63, 3.8) is 0 Å². The van der Waals surface area contributed by atoms with Crippen LogP contribution in [0.5, 0.6) is 0 Å². The van der Waals surface area contributed by atoms with Gasteiger partial charge in [0.1, 0.15) is 0 Å². The molecule has 1 N–H and O–H groups in total. The number of carboxylic acid groups (broad SMARTS) is 1. The molecule has 0 spiro atoms.